The summed E-state index contributed by atoms with van der Waals surface area (Å²) in [6.07, 6.45) is 3.87. The third kappa shape index (κ3) is 3.04. The maximum atomic E-state index is 12.6. The second kappa shape index (κ2) is 5.99. The van der Waals surface area contributed by atoms with Gasteiger partial charge in [-0.2, -0.15) is 5.26 Å². The number of benzene rings is 1. The van der Waals surface area contributed by atoms with Crippen molar-refractivity contribution in [2.45, 2.75) is 30.2 Å². The van der Waals surface area contributed by atoms with E-state index in [4.69, 9.17) is 11.0 Å². The number of pyridine rings is 1. The molecular formula is C16H16N4O2S. The number of nitrogens with one attached hydrogen (secondary N) is 1. The first-order valence-electron chi connectivity index (χ1n) is 7.27. The zero-order chi connectivity index (χ0) is 16.4. The number of aryl methyl sites for hydroxylation is 1. The van der Waals surface area contributed by atoms with E-state index in [-0.39, 0.29) is 16.6 Å². The number of hydrogen-bond acceptors (Lipinski definition) is 5. The molecule has 23 heavy (non-hydrogen) atoms. The molecule has 6 nitrogen and oxygen atoms in total. The Hall–Kier alpha value is -2.43. The Morgan fingerprint density at radius 2 is 2.17 bits per heavy atom. The van der Waals surface area contributed by atoms with Gasteiger partial charge in [0.1, 0.15) is 11.0 Å². The zero-order valence-corrected chi connectivity index (χ0v) is 13.2. The van der Waals surface area contributed by atoms with Crippen molar-refractivity contribution < 1.29 is 8.42 Å². The Bertz CT molecular complexity index is 887. The number of nitriles is 1. The van der Waals surface area contributed by atoms with Crippen LogP contribution in [-0.4, -0.2) is 13.4 Å². The van der Waals surface area contributed by atoms with Crippen molar-refractivity contribution in [2.75, 3.05) is 5.73 Å². The highest BCUT2D eigenvalue weighted by molar-refractivity contribution is 7.89. The molecule has 0 bridgehead atoms. The summed E-state index contributed by atoms with van der Waals surface area (Å²) < 4.78 is 28.0. The van der Waals surface area contributed by atoms with Crippen LogP contribution in [-0.2, 0) is 16.4 Å². The molecule has 1 aromatic heterocycles. The minimum absolute atomic E-state index is 0.0925. The highest BCUT2D eigenvalue weighted by Gasteiger charge is 2.27. The van der Waals surface area contributed by atoms with Crippen molar-refractivity contribution in [2.24, 2.45) is 0 Å². The largest absolute Gasteiger partial charge is 0.399 e. The molecule has 0 radical (unpaired) electrons. The van der Waals surface area contributed by atoms with E-state index < -0.39 is 10.0 Å². The van der Waals surface area contributed by atoms with Crippen LogP contribution >= 0.6 is 0 Å². The summed E-state index contributed by atoms with van der Waals surface area (Å²) in [5.41, 5.74) is 8.38. The van der Waals surface area contributed by atoms with Crippen molar-refractivity contribution in [3.8, 4) is 6.07 Å². The Labute approximate surface area is 135 Å². The predicted molar refractivity (Wildman–Crippen MR) is 85.8 cm³/mol. The monoisotopic (exact) mass is 328 g/mol. The average Bonchev–Trinajstić information content (AvgIpc) is 2.54. The van der Waals surface area contributed by atoms with Crippen LogP contribution in [0.5, 0.6) is 0 Å². The van der Waals surface area contributed by atoms with Gasteiger partial charge in [0, 0.05) is 17.9 Å². The van der Waals surface area contributed by atoms with Gasteiger partial charge in [0.15, 0.2) is 5.69 Å². The molecule has 2 aromatic rings. The van der Waals surface area contributed by atoms with Gasteiger partial charge in [-0.3, -0.25) is 0 Å². The highest BCUT2D eigenvalue weighted by atomic mass is 32.2. The SMILES string of the molecule is N#Cc1ncccc1S(=O)(=O)NC1CCCc2cc(N)ccc21. The fourth-order valence-electron chi connectivity index (χ4n) is 2.90. The third-order valence-corrected chi connectivity index (χ3v) is 5.45. The fourth-order valence-corrected chi connectivity index (χ4v) is 4.26. The number of aromatic nitrogens is 1. The lowest BCUT2D eigenvalue weighted by atomic mass is 9.88. The van der Waals surface area contributed by atoms with Crippen molar-refractivity contribution in [3.05, 3.63) is 53.3 Å². The molecule has 0 spiro atoms. The number of nitrogens with zero attached hydrogens (tertiary/aromatic N) is 2. The lowest BCUT2D eigenvalue weighted by Crippen LogP contribution is -2.31. The number of rotatable bonds is 3. The lowest BCUT2D eigenvalue weighted by molar-refractivity contribution is 0.507. The van der Waals surface area contributed by atoms with Crippen molar-refractivity contribution in [1.29, 1.82) is 5.26 Å². The van der Waals surface area contributed by atoms with Crippen molar-refractivity contribution in [3.63, 3.8) is 0 Å². The number of fused-ring (bicyclic) bond motifs is 1. The predicted octanol–water partition coefficient (Wildman–Crippen LogP) is 1.89. The first kappa shape index (κ1) is 15.5. The second-order valence-corrected chi connectivity index (χ2v) is 7.17. The number of hydrogen-bond donors (Lipinski definition) is 2. The van der Waals surface area contributed by atoms with E-state index in [1.165, 1.54) is 18.3 Å². The van der Waals surface area contributed by atoms with Crippen LogP contribution in [0.3, 0.4) is 0 Å². The van der Waals surface area contributed by atoms with E-state index in [9.17, 15) is 8.42 Å². The van der Waals surface area contributed by atoms with E-state index in [1.54, 1.807) is 6.07 Å². The number of nitrogen functional groups attached to an aromatic ring is 1. The summed E-state index contributed by atoms with van der Waals surface area (Å²) >= 11 is 0. The molecule has 1 atom stereocenters. The molecule has 0 saturated carbocycles. The molecule has 7 heteroatoms. The van der Waals surface area contributed by atoms with Gasteiger partial charge in [-0.15, -0.1) is 0 Å². The van der Waals surface area contributed by atoms with Crippen molar-refractivity contribution >= 4 is 15.7 Å². The number of sulfonamides is 1. The lowest BCUT2D eigenvalue weighted by Gasteiger charge is -2.26. The van der Waals surface area contributed by atoms with Gasteiger partial charge in [-0.05, 0) is 54.7 Å². The maximum Gasteiger partial charge on any atom is 0.244 e. The minimum Gasteiger partial charge on any atom is -0.399 e. The third-order valence-electron chi connectivity index (χ3n) is 3.94. The molecule has 1 heterocycles. The van der Waals surface area contributed by atoms with Gasteiger partial charge in [0.25, 0.3) is 0 Å². The maximum absolute atomic E-state index is 12.6. The van der Waals surface area contributed by atoms with Crippen LogP contribution in [0.2, 0.25) is 0 Å². The Morgan fingerprint density at radius 3 is 2.96 bits per heavy atom. The topological polar surface area (TPSA) is 109 Å². The first-order chi connectivity index (χ1) is 11.0. The molecule has 1 aromatic carbocycles. The molecule has 0 amide bonds. The normalized spacial score (nSPS) is 17.3. The summed E-state index contributed by atoms with van der Waals surface area (Å²) in [7, 11) is -3.82. The van der Waals surface area contributed by atoms with Crippen LogP contribution in [0.25, 0.3) is 0 Å². The molecular weight excluding hydrogens is 312 g/mol. The smallest absolute Gasteiger partial charge is 0.244 e. The van der Waals surface area contributed by atoms with E-state index >= 15 is 0 Å². The standard InChI is InChI=1S/C16H16N4O2S/c17-10-15-16(5-2-8-19-15)23(21,22)20-14-4-1-3-11-9-12(18)6-7-13(11)14/h2,5-9,14,20H,1,3-4,18H2. The molecule has 0 fully saturated rings. The molecule has 3 N–H and O–H groups in total. The average molecular weight is 328 g/mol. The summed E-state index contributed by atoms with van der Waals surface area (Å²) in [5.74, 6) is 0. The van der Waals surface area contributed by atoms with Gasteiger partial charge in [-0.25, -0.2) is 18.1 Å². The number of nitrogens with two attached hydrogens (primary N) is 1. The second-order valence-electron chi connectivity index (χ2n) is 5.49. The van der Waals surface area contributed by atoms with Crippen LogP contribution in [0.4, 0.5) is 5.69 Å². The quantitative estimate of drug-likeness (QED) is 0.836. The summed E-state index contributed by atoms with van der Waals surface area (Å²) in [6, 6.07) is 9.92. The Morgan fingerprint density at radius 1 is 1.35 bits per heavy atom. The molecule has 3 rings (SSSR count). The van der Waals surface area contributed by atoms with E-state index in [0.29, 0.717) is 12.1 Å². The van der Waals surface area contributed by atoms with Crippen molar-refractivity contribution in [1.82, 2.24) is 9.71 Å². The van der Waals surface area contributed by atoms with Gasteiger partial charge < -0.3 is 5.73 Å². The fraction of sp³-hybridized carbons (Fsp3) is 0.250. The highest BCUT2D eigenvalue weighted by Crippen LogP contribution is 2.32. The van der Waals surface area contributed by atoms with Crippen LogP contribution in [0, 0.1) is 11.3 Å². The zero-order valence-electron chi connectivity index (χ0n) is 12.4. The Kier molecular flexibility index (Phi) is 4.03. The van der Waals surface area contributed by atoms with Gasteiger partial charge >= 0.3 is 0 Å². The van der Waals surface area contributed by atoms with Gasteiger partial charge in [-0.1, -0.05) is 6.07 Å². The van der Waals surface area contributed by atoms with Crippen LogP contribution in [0.1, 0.15) is 35.7 Å². The van der Waals surface area contributed by atoms with E-state index in [2.05, 4.69) is 9.71 Å². The van der Waals surface area contributed by atoms with E-state index in [0.717, 1.165) is 24.0 Å². The molecule has 1 aliphatic carbocycles. The summed E-state index contributed by atoms with van der Waals surface area (Å²) in [5, 5.41) is 9.06. The molecule has 1 unspecified atom stereocenters. The molecule has 0 aliphatic heterocycles. The van der Waals surface area contributed by atoms with Crippen LogP contribution < -0.4 is 10.5 Å². The summed E-state index contributed by atoms with van der Waals surface area (Å²) in [6.45, 7) is 0. The van der Waals surface area contributed by atoms with Gasteiger partial charge in [0.2, 0.25) is 10.0 Å². The first-order valence-corrected chi connectivity index (χ1v) is 8.75. The summed E-state index contributed by atoms with van der Waals surface area (Å²) in [4.78, 5) is 3.72. The number of anilines is 1. The Balaban J connectivity index is 1.95. The minimum atomic E-state index is -3.82. The molecule has 1 aliphatic rings. The molecule has 118 valence electrons. The molecule has 0 saturated heterocycles. The van der Waals surface area contributed by atoms with E-state index in [1.807, 2.05) is 18.2 Å². The van der Waals surface area contributed by atoms with Gasteiger partial charge in [0.05, 0.1) is 0 Å². The van der Waals surface area contributed by atoms with Crippen LogP contribution in [0.15, 0.2) is 41.4 Å².